The molecule has 3 N–H and O–H groups in total. The number of rotatable bonds is 5. The quantitative estimate of drug-likeness (QED) is 0.712. The molecule has 0 saturated carbocycles. The number of aliphatic hydroxyl groups is 1. The van der Waals surface area contributed by atoms with Crippen LogP contribution in [0.4, 0.5) is 0 Å². The lowest BCUT2D eigenvalue weighted by molar-refractivity contribution is -0.105. The van der Waals surface area contributed by atoms with Crippen LogP contribution in [0.15, 0.2) is 35.9 Å². The minimum absolute atomic E-state index is 0.0122. The van der Waals surface area contributed by atoms with Gasteiger partial charge in [0.05, 0.1) is 20.8 Å². The highest BCUT2D eigenvalue weighted by molar-refractivity contribution is 5.86. The second-order valence-corrected chi connectivity index (χ2v) is 6.08. The maximum atomic E-state index is 11.6. The molecule has 136 valence electrons. The second kappa shape index (κ2) is 7.09. The zero-order valence-corrected chi connectivity index (χ0v) is 14.5. The highest BCUT2D eigenvalue weighted by Crippen LogP contribution is 2.49. The van der Waals surface area contributed by atoms with Crippen LogP contribution in [0.25, 0.3) is 6.08 Å². The number of carbonyl (C=O) groups excluding carboxylic acids is 1. The van der Waals surface area contributed by atoms with Crippen LogP contribution in [0.2, 0.25) is 0 Å². The molecule has 2 aromatic rings. The lowest BCUT2D eigenvalue weighted by Gasteiger charge is -2.33. The molecule has 0 amide bonds. The zero-order chi connectivity index (χ0) is 18.8. The maximum absolute atomic E-state index is 11.6. The van der Waals surface area contributed by atoms with Gasteiger partial charge in [-0.15, -0.1) is 0 Å². The third-order valence-electron chi connectivity index (χ3n) is 4.77. The van der Waals surface area contributed by atoms with E-state index >= 15 is 0 Å². The minimum Gasteiger partial charge on any atom is -0.504 e. The second-order valence-electron chi connectivity index (χ2n) is 6.08. The van der Waals surface area contributed by atoms with E-state index in [1.165, 1.54) is 26.4 Å². The van der Waals surface area contributed by atoms with Gasteiger partial charge in [0.15, 0.2) is 23.0 Å². The van der Waals surface area contributed by atoms with Gasteiger partial charge in [0.25, 0.3) is 0 Å². The van der Waals surface area contributed by atoms with E-state index in [2.05, 4.69) is 0 Å². The van der Waals surface area contributed by atoms with Gasteiger partial charge in [-0.25, -0.2) is 0 Å². The molecule has 3 rings (SSSR count). The van der Waals surface area contributed by atoms with Crippen LogP contribution in [0.1, 0.15) is 22.6 Å². The predicted octanol–water partition coefficient (Wildman–Crippen LogP) is 2.45. The van der Waals surface area contributed by atoms with Gasteiger partial charge in [-0.1, -0.05) is 12.1 Å². The molecule has 0 aliphatic heterocycles. The summed E-state index contributed by atoms with van der Waals surface area (Å²) < 4.78 is 10.6. The van der Waals surface area contributed by atoms with Crippen LogP contribution >= 0.6 is 0 Å². The summed E-state index contributed by atoms with van der Waals surface area (Å²) >= 11 is 0. The van der Waals surface area contributed by atoms with Gasteiger partial charge < -0.3 is 24.8 Å². The average Bonchev–Trinajstić information content (AvgIpc) is 2.67. The Hall–Kier alpha value is -2.99. The summed E-state index contributed by atoms with van der Waals surface area (Å²) in [7, 11) is 2.90. The highest BCUT2D eigenvalue weighted by Gasteiger charge is 2.36. The molecule has 0 fully saturated rings. The molecular formula is C20H20O6. The van der Waals surface area contributed by atoms with Crippen LogP contribution in [0, 0.1) is 5.92 Å². The summed E-state index contributed by atoms with van der Waals surface area (Å²) in [6.07, 6.45) is 2.42. The van der Waals surface area contributed by atoms with E-state index in [-0.39, 0.29) is 23.9 Å². The molecule has 2 atom stereocenters. The van der Waals surface area contributed by atoms with Crippen molar-refractivity contribution in [2.75, 3.05) is 20.8 Å². The third kappa shape index (κ3) is 2.78. The number of phenolic OH excluding ortho intramolecular Hbond substituents is 2. The Morgan fingerprint density at radius 3 is 2.42 bits per heavy atom. The molecule has 6 heteroatoms. The Balaban J connectivity index is 2.30. The normalized spacial score (nSPS) is 18.7. The van der Waals surface area contributed by atoms with Crippen molar-refractivity contribution < 1.29 is 29.6 Å². The van der Waals surface area contributed by atoms with Crippen LogP contribution in [-0.2, 0) is 4.79 Å². The first kappa shape index (κ1) is 17.8. The van der Waals surface area contributed by atoms with Crippen LogP contribution in [-0.4, -0.2) is 42.4 Å². The van der Waals surface area contributed by atoms with E-state index in [0.29, 0.717) is 16.9 Å². The van der Waals surface area contributed by atoms with E-state index in [9.17, 15) is 20.1 Å². The predicted molar refractivity (Wildman–Crippen MR) is 95.8 cm³/mol. The molecule has 0 radical (unpaired) electrons. The van der Waals surface area contributed by atoms with Crippen molar-refractivity contribution in [1.29, 1.82) is 0 Å². The van der Waals surface area contributed by atoms with E-state index in [0.717, 1.165) is 17.4 Å². The monoisotopic (exact) mass is 356 g/mol. The van der Waals surface area contributed by atoms with Crippen molar-refractivity contribution in [3.05, 3.63) is 52.6 Å². The Morgan fingerprint density at radius 2 is 1.81 bits per heavy atom. The van der Waals surface area contributed by atoms with Gasteiger partial charge >= 0.3 is 0 Å². The number of fused-ring (bicyclic) bond motifs is 1. The highest BCUT2D eigenvalue weighted by atomic mass is 16.5. The zero-order valence-electron chi connectivity index (χ0n) is 14.5. The first-order valence-electron chi connectivity index (χ1n) is 8.10. The van der Waals surface area contributed by atoms with Gasteiger partial charge in [-0.3, -0.25) is 4.79 Å². The van der Waals surface area contributed by atoms with Crippen LogP contribution in [0.3, 0.4) is 0 Å². The molecule has 0 saturated heterocycles. The van der Waals surface area contributed by atoms with E-state index < -0.39 is 11.8 Å². The average molecular weight is 356 g/mol. The van der Waals surface area contributed by atoms with Crippen LogP contribution in [0.5, 0.6) is 23.0 Å². The van der Waals surface area contributed by atoms with E-state index in [4.69, 9.17) is 9.47 Å². The number of aromatic hydroxyl groups is 2. The smallest absolute Gasteiger partial charge is 0.164 e. The van der Waals surface area contributed by atoms with Gasteiger partial charge in [-0.2, -0.15) is 0 Å². The summed E-state index contributed by atoms with van der Waals surface area (Å²) in [6, 6.07) is 8.06. The fourth-order valence-electron chi connectivity index (χ4n) is 3.56. The number of aliphatic hydroxyl groups excluding tert-OH is 1. The topological polar surface area (TPSA) is 96.2 Å². The first-order chi connectivity index (χ1) is 12.5. The largest absolute Gasteiger partial charge is 0.504 e. The molecular weight excluding hydrogens is 336 g/mol. The number of aldehydes is 1. The molecule has 0 heterocycles. The van der Waals surface area contributed by atoms with E-state index in [1.54, 1.807) is 24.3 Å². The minimum atomic E-state index is -0.523. The molecule has 1 aliphatic carbocycles. The Morgan fingerprint density at radius 1 is 1.08 bits per heavy atom. The van der Waals surface area contributed by atoms with Crippen molar-refractivity contribution in [2.45, 2.75) is 5.92 Å². The number of benzene rings is 2. The lowest BCUT2D eigenvalue weighted by atomic mass is 9.71. The summed E-state index contributed by atoms with van der Waals surface area (Å²) in [5.41, 5.74) is 2.56. The third-order valence-corrected chi connectivity index (χ3v) is 4.77. The fraction of sp³-hybridized carbons (Fsp3) is 0.250. The summed E-state index contributed by atoms with van der Waals surface area (Å²) in [4.78, 5) is 11.6. The maximum Gasteiger partial charge on any atom is 0.164 e. The molecule has 0 aromatic heterocycles. The Bertz CT molecular complexity index is 871. The molecule has 26 heavy (non-hydrogen) atoms. The van der Waals surface area contributed by atoms with Crippen molar-refractivity contribution in [2.24, 2.45) is 5.92 Å². The van der Waals surface area contributed by atoms with Crippen LogP contribution < -0.4 is 9.47 Å². The molecule has 2 aromatic carbocycles. The SMILES string of the molecule is COc1cc([C@H]2c3c(ccc(O)c3OC)C=C(C=O)[C@@H]2CO)ccc1O. The molecule has 6 nitrogen and oxygen atoms in total. The standard InChI is InChI=1S/C20H20O6/c1-25-17-8-12(3-5-15(17)23)18-14(10-22)13(9-21)7-11-4-6-16(24)20(26-2)19(11)18/h3-9,14,18,22-24H,10H2,1-2H3/t14-,18+/m0/s1. The van der Waals surface area contributed by atoms with Crippen molar-refractivity contribution in [3.8, 4) is 23.0 Å². The van der Waals surface area contributed by atoms with Crippen molar-refractivity contribution in [3.63, 3.8) is 0 Å². The first-order valence-corrected chi connectivity index (χ1v) is 8.10. The number of methoxy groups -OCH3 is 2. The lowest BCUT2D eigenvalue weighted by Crippen LogP contribution is -2.25. The van der Waals surface area contributed by atoms with Gasteiger partial charge in [0.2, 0.25) is 0 Å². The molecule has 0 spiro atoms. The number of hydrogen-bond donors (Lipinski definition) is 3. The molecule has 1 aliphatic rings. The van der Waals surface area contributed by atoms with Gasteiger partial charge in [0, 0.05) is 17.4 Å². The van der Waals surface area contributed by atoms with Gasteiger partial charge in [0.1, 0.15) is 6.29 Å². The number of hydrogen-bond acceptors (Lipinski definition) is 6. The number of carbonyl (C=O) groups is 1. The fourth-order valence-corrected chi connectivity index (χ4v) is 3.56. The van der Waals surface area contributed by atoms with E-state index in [1.807, 2.05) is 0 Å². The van der Waals surface area contributed by atoms with Crippen molar-refractivity contribution in [1.82, 2.24) is 0 Å². The van der Waals surface area contributed by atoms with Gasteiger partial charge in [-0.05, 0) is 41.0 Å². The Kier molecular flexibility index (Phi) is 4.86. The molecule has 0 bridgehead atoms. The van der Waals surface area contributed by atoms with Crippen molar-refractivity contribution >= 4 is 12.4 Å². The summed E-state index contributed by atoms with van der Waals surface area (Å²) in [5, 5.41) is 30.1. The molecule has 0 unspecified atom stereocenters. The summed E-state index contributed by atoms with van der Waals surface area (Å²) in [5.74, 6) is -0.452. The summed E-state index contributed by atoms with van der Waals surface area (Å²) in [6.45, 7) is -0.267. The number of ether oxygens (including phenoxy) is 2. The Labute approximate surface area is 150 Å². The number of phenols is 2.